The van der Waals surface area contributed by atoms with Crippen molar-refractivity contribution in [1.29, 1.82) is 0 Å². The average Bonchev–Trinajstić information content (AvgIpc) is 3.10. The lowest BCUT2D eigenvalue weighted by molar-refractivity contribution is -0.117. The molecule has 1 saturated heterocycles. The maximum absolute atomic E-state index is 12.5. The zero-order valence-corrected chi connectivity index (χ0v) is 18.7. The lowest BCUT2D eigenvalue weighted by atomic mass is 10.2. The summed E-state index contributed by atoms with van der Waals surface area (Å²) < 4.78 is 10.6. The number of ether oxygens (including phenoxy) is 2. The summed E-state index contributed by atoms with van der Waals surface area (Å²) in [5.74, 6) is 1.15. The van der Waals surface area contributed by atoms with Crippen molar-refractivity contribution < 1.29 is 19.1 Å². The minimum Gasteiger partial charge on any atom is -0.493 e. The van der Waals surface area contributed by atoms with Crippen LogP contribution in [0.4, 0.5) is 10.5 Å². The molecular formula is C22H36N4O4. The van der Waals surface area contributed by atoms with Gasteiger partial charge in [-0.1, -0.05) is 13.8 Å². The second-order valence-corrected chi connectivity index (χ2v) is 7.54. The fraction of sp³-hybridized carbons (Fsp3) is 0.636. The van der Waals surface area contributed by atoms with Crippen LogP contribution in [0.5, 0.6) is 11.5 Å². The molecule has 1 heterocycles. The van der Waals surface area contributed by atoms with Crippen LogP contribution in [0.2, 0.25) is 0 Å². The molecule has 2 N–H and O–H groups in total. The Morgan fingerprint density at radius 3 is 2.47 bits per heavy atom. The second kappa shape index (κ2) is 12.3. The monoisotopic (exact) mass is 420 g/mol. The van der Waals surface area contributed by atoms with Gasteiger partial charge in [0.2, 0.25) is 5.91 Å². The molecule has 0 aromatic heterocycles. The van der Waals surface area contributed by atoms with E-state index in [4.69, 9.17) is 9.47 Å². The van der Waals surface area contributed by atoms with Crippen LogP contribution in [0.3, 0.4) is 0 Å². The highest BCUT2D eigenvalue weighted by atomic mass is 16.5. The molecule has 0 radical (unpaired) electrons. The van der Waals surface area contributed by atoms with E-state index in [0.29, 0.717) is 24.6 Å². The maximum Gasteiger partial charge on any atom is 0.315 e. The first kappa shape index (κ1) is 23.8. The minimum atomic E-state index is -0.223. The number of anilines is 1. The van der Waals surface area contributed by atoms with Gasteiger partial charge in [0.25, 0.3) is 0 Å². The Kier molecular flexibility index (Phi) is 9.73. The third-order valence-electron chi connectivity index (χ3n) is 5.16. The molecule has 3 amide bonds. The van der Waals surface area contributed by atoms with Crippen molar-refractivity contribution >= 4 is 17.6 Å². The van der Waals surface area contributed by atoms with Crippen molar-refractivity contribution in [2.75, 3.05) is 51.8 Å². The van der Waals surface area contributed by atoms with Gasteiger partial charge in [0, 0.05) is 31.3 Å². The van der Waals surface area contributed by atoms with Crippen molar-refractivity contribution in [3.05, 3.63) is 18.2 Å². The zero-order valence-electron chi connectivity index (χ0n) is 18.7. The van der Waals surface area contributed by atoms with Crippen molar-refractivity contribution in [3.63, 3.8) is 0 Å². The third-order valence-corrected chi connectivity index (χ3v) is 5.16. The van der Waals surface area contributed by atoms with Gasteiger partial charge >= 0.3 is 6.03 Å². The van der Waals surface area contributed by atoms with Gasteiger partial charge in [0.05, 0.1) is 20.3 Å². The summed E-state index contributed by atoms with van der Waals surface area (Å²) in [5, 5.41) is 5.83. The highest BCUT2D eigenvalue weighted by Crippen LogP contribution is 2.33. The molecule has 1 aliphatic rings. The van der Waals surface area contributed by atoms with E-state index in [1.807, 2.05) is 6.07 Å². The smallest absolute Gasteiger partial charge is 0.315 e. The molecule has 1 atom stereocenters. The molecule has 0 bridgehead atoms. The summed E-state index contributed by atoms with van der Waals surface area (Å²) in [6, 6.07) is 4.93. The van der Waals surface area contributed by atoms with Crippen LogP contribution in [0.1, 0.15) is 39.5 Å². The lowest BCUT2D eigenvalue weighted by Gasteiger charge is -2.21. The number of urea groups is 1. The van der Waals surface area contributed by atoms with E-state index in [9.17, 15) is 9.59 Å². The van der Waals surface area contributed by atoms with E-state index in [-0.39, 0.29) is 24.4 Å². The van der Waals surface area contributed by atoms with E-state index in [0.717, 1.165) is 44.6 Å². The van der Waals surface area contributed by atoms with E-state index in [1.165, 1.54) is 0 Å². The number of carbonyl (C=O) groups is 2. The van der Waals surface area contributed by atoms with Crippen LogP contribution in [0.15, 0.2) is 18.2 Å². The number of nitrogens with one attached hydrogen (secondary N) is 2. The first-order valence-corrected chi connectivity index (χ1v) is 10.8. The minimum absolute atomic E-state index is 0.0257. The largest absolute Gasteiger partial charge is 0.493 e. The summed E-state index contributed by atoms with van der Waals surface area (Å²) in [6.07, 6.45) is 3.47. The molecule has 2 rings (SSSR count). The number of hydrogen-bond acceptors (Lipinski definition) is 5. The molecule has 0 saturated carbocycles. The van der Waals surface area contributed by atoms with E-state index in [2.05, 4.69) is 29.4 Å². The summed E-state index contributed by atoms with van der Waals surface area (Å²) >= 11 is 0. The number of hydrogen-bond donors (Lipinski definition) is 2. The van der Waals surface area contributed by atoms with E-state index in [1.54, 1.807) is 31.3 Å². The van der Waals surface area contributed by atoms with Crippen molar-refractivity contribution in [2.24, 2.45) is 0 Å². The quantitative estimate of drug-likeness (QED) is 0.508. The number of carbonyl (C=O) groups excluding carboxylic acids is 2. The second-order valence-electron chi connectivity index (χ2n) is 7.54. The Morgan fingerprint density at radius 2 is 1.83 bits per heavy atom. The third kappa shape index (κ3) is 6.79. The first-order chi connectivity index (χ1) is 14.5. The summed E-state index contributed by atoms with van der Waals surface area (Å²) in [4.78, 5) is 28.8. The fourth-order valence-electron chi connectivity index (χ4n) is 3.76. The lowest BCUT2D eigenvalue weighted by Crippen LogP contribution is -2.44. The Bertz CT molecular complexity index is 692. The summed E-state index contributed by atoms with van der Waals surface area (Å²) in [7, 11) is 3.13. The van der Waals surface area contributed by atoms with Crippen LogP contribution >= 0.6 is 0 Å². The Labute approximate surface area is 179 Å². The molecule has 0 aliphatic carbocycles. The predicted octanol–water partition coefficient (Wildman–Crippen LogP) is 2.62. The highest BCUT2D eigenvalue weighted by molar-refractivity contribution is 5.97. The molecule has 30 heavy (non-hydrogen) atoms. The number of benzene rings is 1. The number of rotatable bonds is 12. The van der Waals surface area contributed by atoms with Crippen LogP contribution in [0, 0.1) is 0 Å². The Balaban J connectivity index is 1.79. The normalized spacial score (nSPS) is 16.1. The number of amides is 3. The first-order valence-electron chi connectivity index (χ1n) is 10.8. The van der Waals surface area contributed by atoms with Gasteiger partial charge in [0.1, 0.15) is 0 Å². The number of methoxy groups -OCH3 is 2. The van der Waals surface area contributed by atoms with Crippen molar-refractivity contribution in [3.8, 4) is 11.5 Å². The highest BCUT2D eigenvalue weighted by Gasteiger charge is 2.32. The Hall–Kier alpha value is -2.48. The molecule has 1 aliphatic heterocycles. The Morgan fingerprint density at radius 1 is 1.13 bits per heavy atom. The molecule has 8 heteroatoms. The average molecular weight is 421 g/mol. The van der Waals surface area contributed by atoms with Crippen molar-refractivity contribution in [1.82, 2.24) is 15.5 Å². The van der Waals surface area contributed by atoms with Crippen LogP contribution in [0.25, 0.3) is 0 Å². The van der Waals surface area contributed by atoms with Gasteiger partial charge in [0.15, 0.2) is 11.5 Å². The molecule has 1 aromatic rings. The van der Waals surface area contributed by atoms with Gasteiger partial charge in [-0.05, 0) is 51.0 Å². The van der Waals surface area contributed by atoms with E-state index < -0.39 is 0 Å². The molecule has 8 nitrogen and oxygen atoms in total. The van der Waals surface area contributed by atoms with Crippen LogP contribution in [-0.2, 0) is 4.79 Å². The molecular weight excluding hydrogens is 384 g/mol. The molecule has 0 unspecified atom stereocenters. The SMILES string of the molecule is CCCN(CCC)CCCNC(=O)N[C@@H]1CC(=O)N(c2ccc(OC)c(OC)c2)C1. The topological polar surface area (TPSA) is 83.1 Å². The fourth-order valence-corrected chi connectivity index (χ4v) is 3.76. The van der Waals surface area contributed by atoms with Gasteiger partial charge in [-0.2, -0.15) is 0 Å². The molecule has 1 fully saturated rings. The summed E-state index contributed by atoms with van der Waals surface area (Å²) in [6.45, 7) is 8.59. The van der Waals surface area contributed by atoms with Gasteiger partial charge in [-0.3, -0.25) is 4.79 Å². The predicted molar refractivity (Wildman–Crippen MR) is 118 cm³/mol. The zero-order chi connectivity index (χ0) is 21.9. The van der Waals surface area contributed by atoms with Crippen LogP contribution in [-0.4, -0.2) is 69.8 Å². The summed E-state index contributed by atoms with van der Waals surface area (Å²) in [5.41, 5.74) is 0.731. The van der Waals surface area contributed by atoms with Crippen LogP contribution < -0.4 is 25.0 Å². The standard InChI is InChI=1S/C22H36N4O4/c1-5-11-25(12-6-2)13-7-10-23-22(28)24-17-14-21(27)26(16-17)18-8-9-19(29-3)20(15-18)30-4/h8-9,15,17H,5-7,10-14,16H2,1-4H3,(H2,23,24,28)/t17-/m1/s1. The maximum atomic E-state index is 12.5. The van der Waals surface area contributed by atoms with Gasteiger partial charge in [-0.25, -0.2) is 4.79 Å². The van der Waals surface area contributed by atoms with Crippen molar-refractivity contribution in [2.45, 2.75) is 45.6 Å². The van der Waals surface area contributed by atoms with Gasteiger partial charge < -0.3 is 29.9 Å². The molecule has 1 aromatic carbocycles. The molecule has 0 spiro atoms. The number of nitrogens with zero attached hydrogens (tertiary/aromatic N) is 2. The molecule has 168 valence electrons. The van der Waals surface area contributed by atoms with E-state index >= 15 is 0 Å². The van der Waals surface area contributed by atoms with Gasteiger partial charge in [-0.15, -0.1) is 0 Å².